The third-order valence-corrected chi connectivity index (χ3v) is 4.97. The fraction of sp³-hybridized carbons (Fsp3) is 0.227. The first-order chi connectivity index (χ1) is 13.5. The Kier molecular flexibility index (Phi) is 5.90. The fourth-order valence-electron chi connectivity index (χ4n) is 3.09. The van der Waals surface area contributed by atoms with Gasteiger partial charge in [0.25, 0.3) is 11.8 Å². The molecule has 0 saturated carbocycles. The maximum Gasteiger partial charge on any atom is 0.270 e. The van der Waals surface area contributed by atoms with Crippen molar-refractivity contribution in [3.8, 4) is 5.75 Å². The van der Waals surface area contributed by atoms with Crippen molar-refractivity contribution in [1.82, 2.24) is 4.90 Å². The van der Waals surface area contributed by atoms with Crippen molar-refractivity contribution in [3.63, 3.8) is 0 Å². The van der Waals surface area contributed by atoms with Crippen molar-refractivity contribution in [2.75, 3.05) is 18.6 Å². The molecule has 28 heavy (non-hydrogen) atoms. The van der Waals surface area contributed by atoms with Crippen LogP contribution in [-0.4, -0.2) is 35.5 Å². The molecule has 1 fully saturated rings. The molecule has 0 spiro atoms. The lowest BCUT2D eigenvalue weighted by Crippen LogP contribution is -2.56. The van der Waals surface area contributed by atoms with Crippen LogP contribution in [0.25, 0.3) is 6.08 Å². The second kappa shape index (κ2) is 8.35. The lowest BCUT2D eigenvalue weighted by Gasteiger charge is -2.36. The normalized spacial score (nSPS) is 16.1. The molecule has 0 radical (unpaired) electrons. The number of nitrogens with zero attached hydrogens (tertiary/aromatic N) is 2. The van der Waals surface area contributed by atoms with E-state index < -0.39 is 5.91 Å². The average Bonchev–Trinajstić information content (AvgIpc) is 2.70. The summed E-state index contributed by atoms with van der Waals surface area (Å²) in [6.07, 6.45) is 2.37. The predicted octanol–water partition coefficient (Wildman–Crippen LogP) is 3.96. The van der Waals surface area contributed by atoms with Gasteiger partial charge >= 0.3 is 0 Å². The van der Waals surface area contributed by atoms with Crippen molar-refractivity contribution in [2.45, 2.75) is 20.3 Å². The molecule has 0 bridgehead atoms. The van der Waals surface area contributed by atoms with E-state index in [-0.39, 0.29) is 16.6 Å². The Morgan fingerprint density at radius 2 is 1.79 bits per heavy atom. The first-order valence-corrected chi connectivity index (χ1v) is 9.50. The number of carbonyl (C=O) groups excluding carboxylic acids is 2. The lowest BCUT2D eigenvalue weighted by molar-refractivity contribution is -0.127. The van der Waals surface area contributed by atoms with Crippen LogP contribution in [0, 0.1) is 6.92 Å². The minimum atomic E-state index is -0.413. The van der Waals surface area contributed by atoms with Crippen LogP contribution < -0.4 is 9.64 Å². The first-order valence-electron chi connectivity index (χ1n) is 9.09. The molecule has 2 aromatic rings. The molecule has 1 aliphatic rings. The third-order valence-electron chi connectivity index (χ3n) is 4.57. The van der Waals surface area contributed by atoms with Crippen molar-refractivity contribution < 1.29 is 14.3 Å². The highest BCUT2D eigenvalue weighted by Crippen LogP contribution is 2.27. The molecule has 2 amide bonds. The molecule has 0 unspecified atom stereocenters. The van der Waals surface area contributed by atoms with Crippen LogP contribution in [0.2, 0.25) is 0 Å². The van der Waals surface area contributed by atoms with Crippen LogP contribution in [0.5, 0.6) is 5.75 Å². The Morgan fingerprint density at radius 1 is 1.07 bits per heavy atom. The molecule has 1 heterocycles. The SMILES string of the molecule is CCCN1C(=O)/C(=C\c2ccc(OC)cc2C)C(=O)N(c2ccccc2)C1=S. The maximum atomic E-state index is 13.2. The van der Waals surface area contributed by atoms with Crippen LogP contribution >= 0.6 is 12.2 Å². The Bertz CT molecular complexity index is 954. The predicted molar refractivity (Wildman–Crippen MR) is 114 cm³/mol. The Morgan fingerprint density at radius 3 is 2.39 bits per heavy atom. The van der Waals surface area contributed by atoms with Gasteiger partial charge in [0.15, 0.2) is 5.11 Å². The van der Waals surface area contributed by atoms with Crippen LogP contribution in [0.4, 0.5) is 5.69 Å². The second-order valence-corrected chi connectivity index (χ2v) is 6.86. The van der Waals surface area contributed by atoms with Gasteiger partial charge in [0.2, 0.25) is 0 Å². The van der Waals surface area contributed by atoms with Gasteiger partial charge in [-0.15, -0.1) is 0 Å². The van der Waals surface area contributed by atoms with Gasteiger partial charge < -0.3 is 4.74 Å². The molecule has 2 aromatic carbocycles. The minimum absolute atomic E-state index is 0.0965. The average molecular weight is 394 g/mol. The molecule has 1 saturated heterocycles. The highest BCUT2D eigenvalue weighted by atomic mass is 32.1. The van der Waals surface area contributed by atoms with Gasteiger partial charge in [0, 0.05) is 6.54 Å². The number of aryl methyl sites for hydroxylation is 1. The monoisotopic (exact) mass is 394 g/mol. The van der Waals surface area contributed by atoms with Crippen molar-refractivity contribution in [3.05, 3.63) is 65.2 Å². The zero-order valence-electron chi connectivity index (χ0n) is 16.1. The molecule has 5 nitrogen and oxygen atoms in total. The molecule has 144 valence electrons. The van der Waals surface area contributed by atoms with Gasteiger partial charge in [0.05, 0.1) is 12.8 Å². The van der Waals surface area contributed by atoms with Gasteiger partial charge in [-0.05, 0) is 67.0 Å². The summed E-state index contributed by atoms with van der Waals surface area (Å²) in [5.74, 6) is -0.0522. The van der Waals surface area contributed by atoms with E-state index in [2.05, 4.69) is 0 Å². The number of ether oxygens (including phenoxy) is 1. The number of anilines is 1. The number of rotatable bonds is 5. The van der Waals surface area contributed by atoms with E-state index in [9.17, 15) is 9.59 Å². The summed E-state index contributed by atoms with van der Waals surface area (Å²) in [5.41, 5.74) is 2.44. The van der Waals surface area contributed by atoms with E-state index in [0.29, 0.717) is 12.2 Å². The summed E-state index contributed by atoms with van der Waals surface area (Å²) in [7, 11) is 1.60. The van der Waals surface area contributed by atoms with Crippen LogP contribution in [0.15, 0.2) is 54.1 Å². The number of hydrogen-bond donors (Lipinski definition) is 0. The number of thiocarbonyl (C=S) groups is 1. The van der Waals surface area contributed by atoms with Gasteiger partial charge in [-0.2, -0.15) is 0 Å². The molecule has 3 rings (SSSR count). The number of hydrogen-bond acceptors (Lipinski definition) is 4. The number of methoxy groups -OCH3 is 1. The summed E-state index contributed by atoms with van der Waals surface area (Å²) < 4.78 is 5.23. The summed E-state index contributed by atoms with van der Waals surface area (Å²) in [5, 5.41) is 0.214. The third kappa shape index (κ3) is 3.68. The van der Waals surface area contributed by atoms with Crippen molar-refractivity contribution >= 4 is 40.9 Å². The van der Waals surface area contributed by atoms with Crippen LogP contribution in [-0.2, 0) is 9.59 Å². The molecular formula is C22H22N2O3S. The Hall–Kier alpha value is -2.99. The van der Waals surface area contributed by atoms with Crippen LogP contribution in [0.3, 0.4) is 0 Å². The van der Waals surface area contributed by atoms with E-state index in [1.54, 1.807) is 31.4 Å². The number of amides is 2. The minimum Gasteiger partial charge on any atom is -0.497 e. The second-order valence-electron chi connectivity index (χ2n) is 6.50. The van der Waals surface area contributed by atoms with Gasteiger partial charge in [-0.3, -0.25) is 19.4 Å². The van der Waals surface area contributed by atoms with Crippen molar-refractivity contribution in [2.24, 2.45) is 0 Å². The summed E-state index contributed by atoms with van der Waals surface area (Å²) in [6, 6.07) is 14.7. The fourth-order valence-corrected chi connectivity index (χ4v) is 3.46. The van der Waals surface area contributed by atoms with E-state index in [1.165, 1.54) is 9.80 Å². The van der Waals surface area contributed by atoms with Crippen molar-refractivity contribution in [1.29, 1.82) is 0 Å². The molecule has 6 heteroatoms. The van der Waals surface area contributed by atoms with E-state index in [0.717, 1.165) is 23.3 Å². The van der Waals surface area contributed by atoms with Gasteiger partial charge in [-0.1, -0.05) is 31.2 Å². The highest BCUT2D eigenvalue weighted by molar-refractivity contribution is 7.80. The highest BCUT2D eigenvalue weighted by Gasteiger charge is 2.39. The zero-order valence-corrected chi connectivity index (χ0v) is 17.0. The number of benzene rings is 2. The Balaban J connectivity index is 2.09. The standard InChI is InChI=1S/C22H22N2O3S/c1-4-12-23-20(25)19(14-16-10-11-18(27-3)13-15(16)2)21(26)24(22(23)28)17-8-6-5-7-9-17/h5-11,13-14H,4,12H2,1-3H3/b19-14+. The smallest absolute Gasteiger partial charge is 0.270 e. The lowest BCUT2D eigenvalue weighted by atomic mass is 10.0. The van der Waals surface area contributed by atoms with E-state index in [4.69, 9.17) is 17.0 Å². The topological polar surface area (TPSA) is 49.9 Å². The molecule has 0 N–H and O–H groups in total. The first kappa shape index (κ1) is 19.8. The van der Waals surface area contributed by atoms with E-state index >= 15 is 0 Å². The molecular weight excluding hydrogens is 372 g/mol. The zero-order chi connectivity index (χ0) is 20.3. The molecule has 0 atom stereocenters. The quantitative estimate of drug-likeness (QED) is 0.438. The molecule has 0 aromatic heterocycles. The maximum absolute atomic E-state index is 13.2. The Labute approximate surface area is 170 Å². The molecule has 0 aliphatic carbocycles. The van der Waals surface area contributed by atoms with Gasteiger partial charge in [-0.25, -0.2) is 0 Å². The summed E-state index contributed by atoms with van der Waals surface area (Å²) >= 11 is 5.49. The van der Waals surface area contributed by atoms with Gasteiger partial charge in [0.1, 0.15) is 11.3 Å². The number of para-hydroxylation sites is 1. The largest absolute Gasteiger partial charge is 0.497 e. The van der Waals surface area contributed by atoms with Crippen LogP contribution in [0.1, 0.15) is 24.5 Å². The number of carbonyl (C=O) groups is 2. The van der Waals surface area contributed by atoms with E-state index in [1.807, 2.05) is 44.2 Å². The summed E-state index contributed by atoms with van der Waals surface area (Å²) in [6.45, 7) is 4.33. The summed E-state index contributed by atoms with van der Waals surface area (Å²) in [4.78, 5) is 29.2. The molecule has 1 aliphatic heterocycles.